The Morgan fingerprint density at radius 1 is 0.889 bits per heavy atom. The van der Waals surface area contributed by atoms with E-state index in [1.807, 2.05) is 6.92 Å². The first kappa shape index (κ1) is 23.2. The summed E-state index contributed by atoms with van der Waals surface area (Å²) in [5.74, 6) is 3.36. The molecule has 0 spiro atoms. The van der Waals surface area contributed by atoms with Gasteiger partial charge < -0.3 is 14.6 Å². The van der Waals surface area contributed by atoms with Gasteiger partial charge in [0.1, 0.15) is 0 Å². The van der Waals surface area contributed by atoms with Crippen molar-refractivity contribution in [3.8, 4) is 0 Å². The largest absolute Gasteiger partial charge is 0.393 e. The average molecular weight is 383 g/mol. The Hall–Kier alpha value is -0.120. The van der Waals surface area contributed by atoms with Crippen molar-refractivity contribution in [2.45, 2.75) is 130 Å². The van der Waals surface area contributed by atoms with Gasteiger partial charge in [-0.25, -0.2) is 0 Å². The lowest BCUT2D eigenvalue weighted by molar-refractivity contribution is -0.211. The van der Waals surface area contributed by atoms with E-state index < -0.39 is 0 Å². The summed E-state index contributed by atoms with van der Waals surface area (Å²) in [5.41, 5.74) is -0.144. The fourth-order valence-corrected chi connectivity index (χ4v) is 5.53. The molecule has 2 fully saturated rings. The van der Waals surface area contributed by atoms with E-state index in [1.54, 1.807) is 0 Å². The summed E-state index contributed by atoms with van der Waals surface area (Å²) < 4.78 is 12.1. The molecule has 0 saturated heterocycles. The summed E-state index contributed by atoms with van der Waals surface area (Å²) in [6.07, 6.45) is 12.4. The van der Waals surface area contributed by atoms with Crippen LogP contribution in [-0.4, -0.2) is 29.2 Å². The van der Waals surface area contributed by atoms with E-state index in [0.29, 0.717) is 6.10 Å². The van der Waals surface area contributed by atoms with Crippen LogP contribution in [0.15, 0.2) is 0 Å². The fourth-order valence-electron chi connectivity index (χ4n) is 5.53. The molecular weight excluding hydrogens is 336 g/mol. The number of aliphatic hydroxyl groups is 1. The Morgan fingerprint density at radius 3 is 1.96 bits per heavy atom. The van der Waals surface area contributed by atoms with Crippen molar-refractivity contribution in [2.75, 3.05) is 0 Å². The normalized spacial score (nSPS) is 33.4. The van der Waals surface area contributed by atoms with Gasteiger partial charge in [-0.15, -0.1) is 0 Å². The van der Waals surface area contributed by atoms with E-state index in [9.17, 15) is 5.11 Å². The molecule has 0 bridgehead atoms. The minimum absolute atomic E-state index is 0.0321. The van der Waals surface area contributed by atoms with Crippen molar-refractivity contribution in [1.29, 1.82) is 0 Å². The second-order valence-electron chi connectivity index (χ2n) is 10.4. The predicted molar refractivity (Wildman–Crippen MR) is 113 cm³/mol. The number of hydrogen-bond acceptors (Lipinski definition) is 3. The molecule has 2 aliphatic rings. The third-order valence-electron chi connectivity index (χ3n) is 7.03. The summed E-state index contributed by atoms with van der Waals surface area (Å²) in [5, 5.41) is 9.77. The van der Waals surface area contributed by atoms with Crippen molar-refractivity contribution in [1.82, 2.24) is 0 Å². The highest BCUT2D eigenvalue weighted by Gasteiger charge is 2.32. The molecule has 0 amide bonds. The zero-order valence-corrected chi connectivity index (χ0v) is 18.9. The lowest BCUT2D eigenvalue weighted by atomic mass is 9.70. The van der Waals surface area contributed by atoms with Crippen LogP contribution >= 0.6 is 0 Å². The van der Waals surface area contributed by atoms with Gasteiger partial charge in [-0.1, -0.05) is 20.3 Å². The standard InChI is InChI=1S/C24H46O3/c1-7-19(16-17(2)20-8-12-22(25)13-9-20)21-10-14-23(15-11-21)26-18(3)27-24(4,5)6/h17-23,25H,7-16H2,1-6H3. The van der Waals surface area contributed by atoms with Crippen molar-refractivity contribution in [2.24, 2.45) is 23.7 Å². The molecule has 1 N–H and O–H groups in total. The molecule has 27 heavy (non-hydrogen) atoms. The monoisotopic (exact) mass is 382 g/mol. The van der Waals surface area contributed by atoms with Crippen LogP contribution in [0, 0.1) is 23.7 Å². The summed E-state index contributed by atoms with van der Waals surface area (Å²) in [7, 11) is 0. The van der Waals surface area contributed by atoms with Gasteiger partial charge in [-0.05, 0) is 109 Å². The van der Waals surface area contributed by atoms with Crippen LogP contribution < -0.4 is 0 Å². The first-order chi connectivity index (χ1) is 12.7. The zero-order chi connectivity index (χ0) is 20.0. The molecule has 0 aromatic carbocycles. The smallest absolute Gasteiger partial charge is 0.155 e. The lowest BCUT2D eigenvalue weighted by Gasteiger charge is -2.38. The molecule has 0 aromatic heterocycles. The van der Waals surface area contributed by atoms with Crippen LogP contribution in [0.1, 0.15) is 106 Å². The lowest BCUT2D eigenvalue weighted by Crippen LogP contribution is -2.33. The van der Waals surface area contributed by atoms with Crippen LogP contribution in [0.5, 0.6) is 0 Å². The van der Waals surface area contributed by atoms with Crippen molar-refractivity contribution >= 4 is 0 Å². The fraction of sp³-hybridized carbons (Fsp3) is 1.00. The first-order valence-corrected chi connectivity index (χ1v) is 11.7. The highest BCUT2D eigenvalue weighted by Crippen LogP contribution is 2.40. The van der Waals surface area contributed by atoms with Gasteiger partial charge in [-0.3, -0.25) is 0 Å². The second kappa shape index (κ2) is 10.6. The molecule has 0 heterocycles. The topological polar surface area (TPSA) is 38.7 Å². The van der Waals surface area contributed by atoms with E-state index >= 15 is 0 Å². The molecule has 160 valence electrons. The molecule has 3 unspecified atom stereocenters. The molecule has 0 aromatic rings. The van der Waals surface area contributed by atoms with E-state index in [2.05, 4.69) is 34.6 Å². The van der Waals surface area contributed by atoms with Crippen molar-refractivity contribution in [3.05, 3.63) is 0 Å². The van der Waals surface area contributed by atoms with Gasteiger partial charge in [0.05, 0.1) is 17.8 Å². The van der Waals surface area contributed by atoms with Crippen LogP contribution in [0.4, 0.5) is 0 Å². The summed E-state index contributed by atoms with van der Waals surface area (Å²) in [6.45, 7) is 13.1. The van der Waals surface area contributed by atoms with Gasteiger partial charge in [0.25, 0.3) is 0 Å². The maximum atomic E-state index is 9.77. The Balaban J connectivity index is 1.74. The average Bonchev–Trinajstić information content (AvgIpc) is 2.59. The Kier molecular flexibility index (Phi) is 9.09. The Bertz CT molecular complexity index is 400. The third kappa shape index (κ3) is 8.03. The minimum atomic E-state index is -0.144. The summed E-state index contributed by atoms with van der Waals surface area (Å²) in [4.78, 5) is 0. The molecule has 0 radical (unpaired) electrons. The van der Waals surface area contributed by atoms with Crippen molar-refractivity contribution in [3.63, 3.8) is 0 Å². The molecule has 3 nitrogen and oxygen atoms in total. The van der Waals surface area contributed by atoms with Gasteiger partial charge in [-0.2, -0.15) is 0 Å². The van der Waals surface area contributed by atoms with E-state index in [1.165, 1.54) is 51.4 Å². The van der Waals surface area contributed by atoms with Gasteiger partial charge in [0.15, 0.2) is 6.29 Å². The van der Waals surface area contributed by atoms with Gasteiger partial charge in [0, 0.05) is 0 Å². The third-order valence-corrected chi connectivity index (χ3v) is 7.03. The molecule has 2 saturated carbocycles. The molecule has 0 aliphatic heterocycles. The van der Waals surface area contributed by atoms with E-state index in [-0.39, 0.29) is 18.0 Å². The number of ether oxygens (including phenoxy) is 2. The summed E-state index contributed by atoms with van der Waals surface area (Å²) in [6, 6.07) is 0. The number of rotatable bonds is 8. The molecular formula is C24H46O3. The van der Waals surface area contributed by atoms with E-state index in [0.717, 1.165) is 36.5 Å². The van der Waals surface area contributed by atoms with Gasteiger partial charge in [0.2, 0.25) is 0 Å². The molecule has 2 aliphatic carbocycles. The summed E-state index contributed by atoms with van der Waals surface area (Å²) >= 11 is 0. The highest BCUT2D eigenvalue weighted by atomic mass is 16.7. The molecule has 3 atom stereocenters. The quantitative estimate of drug-likeness (QED) is 0.499. The maximum Gasteiger partial charge on any atom is 0.155 e. The SMILES string of the molecule is CCC(CC(C)C1CCC(O)CC1)C1CCC(OC(C)OC(C)(C)C)CC1. The Morgan fingerprint density at radius 2 is 1.44 bits per heavy atom. The maximum absolute atomic E-state index is 9.77. The van der Waals surface area contributed by atoms with E-state index in [4.69, 9.17) is 9.47 Å². The van der Waals surface area contributed by atoms with Crippen LogP contribution in [0.3, 0.4) is 0 Å². The number of hydrogen-bond donors (Lipinski definition) is 1. The minimum Gasteiger partial charge on any atom is -0.393 e. The second-order valence-corrected chi connectivity index (χ2v) is 10.4. The van der Waals surface area contributed by atoms with Crippen LogP contribution in [0.25, 0.3) is 0 Å². The highest BCUT2D eigenvalue weighted by molar-refractivity contribution is 4.82. The van der Waals surface area contributed by atoms with Crippen LogP contribution in [-0.2, 0) is 9.47 Å². The zero-order valence-electron chi connectivity index (χ0n) is 18.9. The number of aliphatic hydroxyl groups excluding tert-OH is 1. The Labute approximate surface area is 168 Å². The van der Waals surface area contributed by atoms with Crippen LogP contribution in [0.2, 0.25) is 0 Å². The van der Waals surface area contributed by atoms with Crippen molar-refractivity contribution < 1.29 is 14.6 Å². The van der Waals surface area contributed by atoms with Gasteiger partial charge >= 0.3 is 0 Å². The first-order valence-electron chi connectivity index (χ1n) is 11.7. The molecule has 2 rings (SSSR count). The molecule has 3 heteroatoms. The predicted octanol–water partition coefficient (Wildman–Crippen LogP) is 6.33.